The van der Waals surface area contributed by atoms with Gasteiger partial charge in [-0.25, -0.2) is 0 Å². The van der Waals surface area contributed by atoms with E-state index in [0.29, 0.717) is 48.2 Å². The Morgan fingerprint density at radius 3 is 2.96 bits per heavy atom. The molecule has 0 radical (unpaired) electrons. The van der Waals surface area contributed by atoms with Crippen molar-refractivity contribution in [2.75, 3.05) is 20.3 Å². The van der Waals surface area contributed by atoms with Crippen molar-refractivity contribution >= 4 is 17.2 Å². The van der Waals surface area contributed by atoms with Gasteiger partial charge in [0.1, 0.15) is 23.8 Å². The van der Waals surface area contributed by atoms with Crippen LogP contribution in [-0.4, -0.2) is 42.4 Å². The molecule has 2 aliphatic rings. The third-order valence-corrected chi connectivity index (χ3v) is 5.68. The first-order valence-corrected chi connectivity index (χ1v) is 9.38. The highest BCUT2D eigenvalue weighted by molar-refractivity contribution is 7.12. The lowest BCUT2D eigenvalue weighted by molar-refractivity contribution is 0.0234. The second-order valence-electron chi connectivity index (χ2n) is 6.45. The number of hydrogen-bond acceptors (Lipinski definition) is 7. The molecule has 1 amide bonds. The number of aromatic nitrogens is 1. The van der Waals surface area contributed by atoms with Crippen molar-refractivity contribution in [2.45, 2.75) is 25.0 Å². The highest BCUT2D eigenvalue weighted by Crippen LogP contribution is 2.41. The van der Waals surface area contributed by atoms with E-state index in [0.717, 1.165) is 5.56 Å². The zero-order valence-electron chi connectivity index (χ0n) is 14.3. The fraction of sp³-hybridized carbons (Fsp3) is 0.444. The average Bonchev–Trinajstić information content (AvgIpc) is 3.08. The molecule has 2 aromatic heterocycles. The predicted molar refractivity (Wildman–Crippen MR) is 95.0 cm³/mol. The Kier molecular flexibility index (Phi) is 4.69. The van der Waals surface area contributed by atoms with E-state index in [1.54, 1.807) is 24.9 Å². The third kappa shape index (κ3) is 3.22. The van der Waals surface area contributed by atoms with Gasteiger partial charge in [-0.15, -0.1) is 11.3 Å². The number of carbonyl (C=O) groups excluding carboxylic acids is 1. The molecule has 4 rings (SSSR count). The molecule has 1 saturated carbocycles. The number of methoxy groups -OCH3 is 1. The lowest BCUT2D eigenvalue weighted by Gasteiger charge is -2.38. The highest BCUT2D eigenvalue weighted by Gasteiger charge is 2.37. The summed E-state index contributed by atoms with van der Waals surface area (Å²) in [5.41, 5.74) is 0.859. The molecule has 1 fully saturated rings. The predicted octanol–water partition coefficient (Wildman–Crippen LogP) is 2.16. The van der Waals surface area contributed by atoms with Crippen LogP contribution in [0.5, 0.6) is 17.2 Å². The second-order valence-corrected chi connectivity index (χ2v) is 7.33. The van der Waals surface area contributed by atoms with Gasteiger partial charge in [-0.1, -0.05) is 0 Å². The van der Waals surface area contributed by atoms with Gasteiger partial charge in [-0.05, 0) is 30.4 Å². The minimum Gasteiger partial charge on any atom is -0.495 e. The number of nitrogens with zero attached hydrogens (tertiary/aromatic N) is 1. The first-order chi connectivity index (χ1) is 12.7. The van der Waals surface area contributed by atoms with Crippen molar-refractivity contribution in [1.82, 2.24) is 10.3 Å². The van der Waals surface area contributed by atoms with Crippen LogP contribution >= 0.6 is 11.3 Å². The molecular weight excluding hydrogens is 356 g/mol. The molecule has 2 N–H and O–H groups in total. The summed E-state index contributed by atoms with van der Waals surface area (Å²) in [5, 5.41) is 14.6. The Morgan fingerprint density at radius 2 is 2.19 bits per heavy atom. The highest BCUT2D eigenvalue weighted by atomic mass is 32.1. The average molecular weight is 376 g/mol. The van der Waals surface area contributed by atoms with E-state index in [2.05, 4.69) is 10.3 Å². The normalized spacial score (nSPS) is 22.2. The maximum Gasteiger partial charge on any atom is 0.265 e. The number of hydrogen-bond donors (Lipinski definition) is 2. The number of aliphatic hydroxyl groups excluding tert-OH is 1. The number of thiophene rings is 1. The van der Waals surface area contributed by atoms with Gasteiger partial charge in [-0.2, -0.15) is 0 Å². The number of ether oxygens (including phenoxy) is 3. The van der Waals surface area contributed by atoms with Crippen LogP contribution in [-0.2, 0) is 0 Å². The van der Waals surface area contributed by atoms with Gasteiger partial charge in [0.2, 0.25) is 0 Å². The standard InChI is InChI=1S/C18H20N2O5S/c1-23-13-6-11(7-19-8-13)15(10-4-12(21)5-10)20-18(22)17-16-14(9-26-17)24-2-3-25-16/h6-10,12,15,21H,2-5H2,1H3,(H,20,22)/t10?,12?,15-/m0/s1. The number of pyridine rings is 1. The maximum atomic E-state index is 12.9. The molecule has 1 atom stereocenters. The summed E-state index contributed by atoms with van der Waals surface area (Å²) in [4.78, 5) is 17.6. The van der Waals surface area contributed by atoms with E-state index in [4.69, 9.17) is 14.2 Å². The van der Waals surface area contributed by atoms with Gasteiger partial charge in [-0.3, -0.25) is 9.78 Å². The first-order valence-electron chi connectivity index (χ1n) is 8.50. The topological polar surface area (TPSA) is 89.9 Å². The maximum absolute atomic E-state index is 12.9. The van der Waals surface area contributed by atoms with E-state index < -0.39 is 0 Å². The van der Waals surface area contributed by atoms with E-state index in [9.17, 15) is 9.90 Å². The van der Waals surface area contributed by atoms with E-state index >= 15 is 0 Å². The second kappa shape index (κ2) is 7.13. The number of fused-ring (bicyclic) bond motifs is 1. The Labute approximate surface area is 154 Å². The van der Waals surface area contributed by atoms with E-state index in [1.165, 1.54) is 11.3 Å². The number of amides is 1. The van der Waals surface area contributed by atoms with Crippen molar-refractivity contribution in [3.63, 3.8) is 0 Å². The molecule has 138 valence electrons. The molecule has 0 aromatic carbocycles. The fourth-order valence-corrected chi connectivity index (χ4v) is 4.15. The van der Waals surface area contributed by atoms with Crippen LogP contribution in [0, 0.1) is 5.92 Å². The summed E-state index contributed by atoms with van der Waals surface area (Å²) in [5.74, 6) is 1.69. The molecule has 8 heteroatoms. The number of carbonyl (C=O) groups is 1. The number of aliphatic hydroxyl groups is 1. The first kappa shape index (κ1) is 17.1. The zero-order valence-corrected chi connectivity index (χ0v) is 15.1. The molecule has 26 heavy (non-hydrogen) atoms. The lowest BCUT2D eigenvalue weighted by atomic mass is 9.75. The van der Waals surface area contributed by atoms with Gasteiger partial charge in [0, 0.05) is 11.6 Å². The van der Waals surface area contributed by atoms with Crippen LogP contribution in [0.25, 0.3) is 0 Å². The monoisotopic (exact) mass is 376 g/mol. The Morgan fingerprint density at radius 1 is 1.38 bits per heavy atom. The Balaban J connectivity index is 1.58. The van der Waals surface area contributed by atoms with Gasteiger partial charge in [0.25, 0.3) is 5.91 Å². The van der Waals surface area contributed by atoms with Gasteiger partial charge < -0.3 is 24.6 Å². The lowest BCUT2D eigenvalue weighted by Crippen LogP contribution is -2.41. The number of nitrogens with one attached hydrogen (secondary N) is 1. The van der Waals surface area contributed by atoms with E-state index in [-0.39, 0.29) is 24.0 Å². The van der Waals surface area contributed by atoms with Gasteiger partial charge in [0.05, 0.1) is 25.5 Å². The van der Waals surface area contributed by atoms with Crippen LogP contribution < -0.4 is 19.5 Å². The Bertz CT molecular complexity index is 803. The minimum absolute atomic E-state index is 0.149. The quantitative estimate of drug-likeness (QED) is 0.831. The summed E-state index contributed by atoms with van der Waals surface area (Å²) < 4.78 is 16.4. The van der Waals surface area contributed by atoms with Gasteiger partial charge in [0.15, 0.2) is 11.5 Å². The van der Waals surface area contributed by atoms with Crippen LogP contribution in [0.1, 0.15) is 34.1 Å². The number of rotatable bonds is 5. The summed E-state index contributed by atoms with van der Waals surface area (Å²) in [6.45, 7) is 0.922. The van der Waals surface area contributed by atoms with Crippen molar-refractivity contribution in [3.05, 3.63) is 34.3 Å². The fourth-order valence-electron chi connectivity index (χ4n) is 3.32. The van der Waals surface area contributed by atoms with Crippen molar-refractivity contribution in [2.24, 2.45) is 5.92 Å². The molecule has 0 bridgehead atoms. The molecule has 1 aliphatic carbocycles. The van der Waals surface area contributed by atoms with Crippen LogP contribution in [0.3, 0.4) is 0 Å². The third-order valence-electron chi connectivity index (χ3n) is 4.74. The minimum atomic E-state index is -0.316. The van der Waals surface area contributed by atoms with Gasteiger partial charge >= 0.3 is 0 Å². The summed E-state index contributed by atoms with van der Waals surface area (Å²) in [6, 6.07) is 1.61. The van der Waals surface area contributed by atoms with Crippen molar-refractivity contribution in [3.8, 4) is 17.2 Å². The molecule has 0 saturated heterocycles. The molecule has 2 aromatic rings. The summed E-state index contributed by atoms with van der Waals surface area (Å²) in [7, 11) is 1.58. The molecule has 0 unspecified atom stereocenters. The molecule has 1 aliphatic heterocycles. The molecule has 0 spiro atoms. The molecule has 3 heterocycles. The Hall–Kier alpha value is -2.32. The molecular formula is C18H20N2O5S. The van der Waals surface area contributed by atoms with E-state index in [1.807, 2.05) is 6.07 Å². The SMILES string of the molecule is COc1cncc([C@@H](NC(=O)c2scc3c2OCCO3)C2CC(O)C2)c1. The smallest absolute Gasteiger partial charge is 0.265 e. The summed E-state index contributed by atoms with van der Waals surface area (Å²) >= 11 is 1.30. The summed E-state index contributed by atoms with van der Waals surface area (Å²) in [6.07, 6.45) is 4.32. The van der Waals surface area contributed by atoms with Crippen molar-refractivity contribution < 1.29 is 24.1 Å². The van der Waals surface area contributed by atoms with Crippen LogP contribution in [0.2, 0.25) is 0 Å². The molecule has 7 nitrogen and oxygen atoms in total. The largest absolute Gasteiger partial charge is 0.495 e. The van der Waals surface area contributed by atoms with Crippen LogP contribution in [0.4, 0.5) is 0 Å². The van der Waals surface area contributed by atoms with Crippen molar-refractivity contribution in [1.29, 1.82) is 0 Å². The van der Waals surface area contributed by atoms with Crippen LogP contribution in [0.15, 0.2) is 23.8 Å². The zero-order chi connectivity index (χ0) is 18.1.